The lowest BCUT2D eigenvalue weighted by Gasteiger charge is -2.25. The summed E-state index contributed by atoms with van der Waals surface area (Å²) in [5.74, 6) is -1.27. The molecule has 2 saturated heterocycles. The minimum Gasteiger partial charge on any atom is -0.426 e. The van der Waals surface area contributed by atoms with E-state index in [1.165, 1.54) is 4.90 Å². The molecule has 5 rings (SSSR count). The van der Waals surface area contributed by atoms with Gasteiger partial charge in [0.2, 0.25) is 17.7 Å². The van der Waals surface area contributed by atoms with Crippen LogP contribution in [0.3, 0.4) is 0 Å². The van der Waals surface area contributed by atoms with Crippen molar-refractivity contribution in [3.63, 3.8) is 0 Å². The van der Waals surface area contributed by atoms with Crippen LogP contribution in [0.4, 0.5) is 5.69 Å². The van der Waals surface area contributed by atoms with Gasteiger partial charge in [-0.2, -0.15) is 0 Å². The lowest BCUT2D eigenvalue weighted by atomic mass is 9.76. The fourth-order valence-electron chi connectivity index (χ4n) is 5.42. The van der Waals surface area contributed by atoms with Crippen LogP contribution in [0.5, 0.6) is 5.75 Å². The highest BCUT2D eigenvalue weighted by atomic mass is 16.5. The molecule has 7 heteroatoms. The molecule has 176 valence electrons. The molecule has 0 radical (unpaired) electrons. The van der Waals surface area contributed by atoms with Gasteiger partial charge >= 0.3 is 5.97 Å². The Bertz CT molecular complexity index is 1130. The molecule has 34 heavy (non-hydrogen) atoms. The number of benzene rings is 2. The Balaban J connectivity index is 1.25. The third kappa shape index (κ3) is 4.22. The maximum Gasteiger partial charge on any atom is 0.316 e. The lowest BCUT2D eigenvalue weighted by molar-refractivity contribution is -0.139. The van der Waals surface area contributed by atoms with E-state index in [-0.39, 0.29) is 41.7 Å². The number of imide groups is 1. The Hall–Kier alpha value is -3.48. The summed E-state index contributed by atoms with van der Waals surface area (Å²) in [4.78, 5) is 54.2. The highest BCUT2D eigenvalue weighted by Gasteiger charge is 2.50. The molecule has 1 saturated carbocycles. The number of carbonyl (C=O) groups is 4. The van der Waals surface area contributed by atoms with Gasteiger partial charge in [0, 0.05) is 25.6 Å². The number of anilines is 1. The first kappa shape index (κ1) is 22.3. The molecular formula is C27H28N2O5. The Morgan fingerprint density at radius 3 is 2.53 bits per heavy atom. The average molecular weight is 461 g/mol. The number of esters is 1. The summed E-state index contributed by atoms with van der Waals surface area (Å²) in [6.45, 7) is 2.88. The van der Waals surface area contributed by atoms with Crippen molar-refractivity contribution in [3.8, 4) is 5.75 Å². The second kappa shape index (κ2) is 9.05. The summed E-state index contributed by atoms with van der Waals surface area (Å²) in [7, 11) is 0. The zero-order valence-electron chi connectivity index (χ0n) is 19.2. The molecule has 0 bridgehead atoms. The third-order valence-electron chi connectivity index (χ3n) is 7.25. The molecule has 0 unspecified atom stereocenters. The highest BCUT2D eigenvalue weighted by Crippen LogP contribution is 2.42. The van der Waals surface area contributed by atoms with Crippen molar-refractivity contribution in [3.05, 3.63) is 60.2 Å². The predicted molar refractivity (Wildman–Crippen MR) is 125 cm³/mol. The van der Waals surface area contributed by atoms with Crippen molar-refractivity contribution in [2.75, 3.05) is 11.4 Å². The zero-order valence-corrected chi connectivity index (χ0v) is 19.2. The Morgan fingerprint density at radius 1 is 0.971 bits per heavy atom. The van der Waals surface area contributed by atoms with E-state index in [1.54, 1.807) is 29.2 Å². The van der Waals surface area contributed by atoms with Gasteiger partial charge in [0.1, 0.15) is 5.75 Å². The minimum absolute atomic E-state index is 0.0790. The van der Waals surface area contributed by atoms with Crippen LogP contribution < -0.4 is 9.64 Å². The molecule has 1 aliphatic carbocycles. The Kier molecular flexibility index (Phi) is 5.94. The van der Waals surface area contributed by atoms with Gasteiger partial charge < -0.3 is 9.64 Å². The van der Waals surface area contributed by atoms with Crippen molar-refractivity contribution < 1.29 is 23.9 Å². The maximum atomic E-state index is 13.0. The second-order valence-corrected chi connectivity index (χ2v) is 9.72. The molecule has 4 atom stereocenters. The van der Waals surface area contributed by atoms with E-state index in [0.717, 1.165) is 24.8 Å². The first-order chi connectivity index (χ1) is 16.4. The van der Waals surface area contributed by atoms with Crippen molar-refractivity contribution in [2.45, 2.75) is 39.2 Å². The molecule has 3 fully saturated rings. The number of nitrogens with zero attached hydrogens (tertiary/aromatic N) is 2. The van der Waals surface area contributed by atoms with E-state index in [1.807, 2.05) is 30.3 Å². The van der Waals surface area contributed by atoms with Gasteiger partial charge in [-0.15, -0.1) is 0 Å². The van der Waals surface area contributed by atoms with Crippen molar-refractivity contribution in [1.82, 2.24) is 4.90 Å². The van der Waals surface area contributed by atoms with Crippen LogP contribution in [0.1, 0.15) is 38.2 Å². The van der Waals surface area contributed by atoms with Gasteiger partial charge in [-0.25, -0.2) is 4.90 Å². The quantitative estimate of drug-likeness (QED) is 0.387. The summed E-state index contributed by atoms with van der Waals surface area (Å²) in [6.07, 6.45) is 2.52. The average Bonchev–Trinajstić information content (AvgIpc) is 3.31. The van der Waals surface area contributed by atoms with Gasteiger partial charge in [-0.3, -0.25) is 19.2 Å². The number of fused-ring (bicyclic) bond motifs is 1. The fourth-order valence-corrected chi connectivity index (χ4v) is 5.42. The normalized spacial score (nSPS) is 26.7. The number of hydrogen-bond donors (Lipinski definition) is 0. The van der Waals surface area contributed by atoms with Crippen LogP contribution in [-0.2, 0) is 25.7 Å². The van der Waals surface area contributed by atoms with E-state index in [2.05, 4.69) is 6.92 Å². The molecule has 0 aromatic heterocycles. The Morgan fingerprint density at radius 2 is 1.74 bits per heavy atom. The van der Waals surface area contributed by atoms with Crippen LogP contribution in [0.25, 0.3) is 0 Å². The number of rotatable bonds is 5. The SMILES string of the molecule is C[C@@H]1CC[C@@H]2C(=O)N(c3cccc(OC(=O)[C@@H]4CC(=O)N(Cc5ccccc5)C4)c3)C(=O)[C@@H]2C1. The van der Waals surface area contributed by atoms with E-state index >= 15 is 0 Å². The number of ether oxygens (including phenoxy) is 1. The summed E-state index contributed by atoms with van der Waals surface area (Å²) >= 11 is 0. The molecule has 2 aliphatic heterocycles. The third-order valence-corrected chi connectivity index (χ3v) is 7.25. The molecule has 2 aromatic carbocycles. The van der Waals surface area contributed by atoms with Gasteiger partial charge in [-0.1, -0.05) is 43.3 Å². The molecule has 0 spiro atoms. The van der Waals surface area contributed by atoms with Crippen LogP contribution in [-0.4, -0.2) is 35.1 Å². The first-order valence-electron chi connectivity index (χ1n) is 11.9. The molecule has 7 nitrogen and oxygen atoms in total. The van der Waals surface area contributed by atoms with E-state index in [0.29, 0.717) is 24.7 Å². The monoisotopic (exact) mass is 460 g/mol. The van der Waals surface area contributed by atoms with Crippen molar-refractivity contribution in [1.29, 1.82) is 0 Å². The summed E-state index contributed by atoms with van der Waals surface area (Å²) in [5, 5.41) is 0. The van der Waals surface area contributed by atoms with Crippen LogP contribution in [0.15, 0.2) is 54.6 Å². The standard InChI is InChI=1S/C27H28N2O5/c1-17-10-11-22-23(12-17)26(32)29(25(22)31)20-8-5-9-21(14-20)34-27(33)19-13-24(30)28(16-19)15-18-6-3-2-4-7-18/h2-9,14,17,19,22-23H,10-13,15-16H2,1H3/t17-,19-,22+,23-/m1/s1. The van der Waals surface area contributed by atoms with Gasteiger partial charge in [0.15, 0.2) is 0 Å². The number of carbonyl (C=O) groups excluding carboxylic acids is 4. The largest absolute Gasteiger partial charge is 0.426 e. The summed E-state index contributed by atoms with van der Waals surface area (Å²) in [5.41, 5.74) is 1.43. The predicted octanol–water partition coefficient (Wildman–Crippen LogP) is 3.57. The smallest absolute Gasteiger partial charge is 0.316 e. The molecule has 2 heterocycles. The molecule has 0 N–H and O–H groups in total. The zero-order chi connectivity index (χ0) is 23.8. The summed E-state index contributed by atoms with van der Waals surface area (Å²) < 4.78 is 5.58. The molecule has 3 aliphatic rings. The van der Waals surface area contributed by atoms with Crippen molar-refractivity contribution in [2.24, 2.45) is 23.7 Å². The van der Waals surface area contributed by atoms with Crippen molar-refractivity contribution >= 4 is 29.4 Å². The van der Waals surface area contributed by atoms with Gasteiger partial charge in [-0.05, 0) is 42.9 Å². The number of hydrogen-bond acceptors (Lipinski definition) is 5. The number of likely N-dealkylation sites (tertiary alicyclic amines) is 1. The Labute approximate surface area is 198 Å². The second-order valence-electron chi connectivity index (χ2n) is 9.72. The first-order valence-corrected chi connectivity index (χ1v) is 11.9. The lowest BCUT2D eigenvalue weighted by Crippen LogP contribution is -2.31. The molecule has 2 aromatic rings. The van der Waals surface area contributed by atoms with Crippen LogP contribution in [0.2, 0.25) is 0 Å². The van der Waals surface area contributed by atoms with Gasteiger partial charge in [0.05, 0.1) is 23.4 Å². The van der Waals surface area contributed by atoms with Gasteiger partial charge in [0.25, 0.3) is 0 Å². The van der Waals surface area contributed by atoms with E-state index in [9.17, 15) is 19.2 Å². The topological polar surface area (TPSA) is 84.0 Å². The minimum atomic E-state index is -0.556. The highest BCUT2D eigenvalue weighted by molar-refractivity contribution is 6.22. The van der Waals surface area contributed by atoms with Crippen LogP contribution >= 0.6 is 0 Å². The van der Waals surface area contributed by atoms with Crippen LogP contribution in [0, 0.1) is 23.7 Å². The molecular weight excluding hydrogens is 432 g/mol. The fraction of sp³-hybridized carbons (Fsp3) is 0.407. The van der Waals surface area contributed by atoms with E-state index < -0.39 is 11.9 Å². The number of amides is 3. The van der Waals surface area contributed by atoms with E-state index in [4.69, 9.17) is 4.74 Å². The maximum absolute atomic E-state index is 13.0. The summed E-state index contributed by atoms with van der Waals surface area (Å²) in [6, 6.07) is 16.2. The molecule has 3 amide bonds.